The molecule has 0 aliphatic heterocycles. The number of hydrogen-bond donors (Lipinski definition) is 2. The van der Waals surface area contributed by atoms with Gasteiger partial charge >= 0.3 is 0 Å². The lowest BCUT2D eigenvalue weighted by atomic mass is 10.1. The fraction of sp³-hybridized carbons (Fsp3) is 0.500. The van der Waals surface area contributed by atoms with E-state index in [9.17, 15) is 17.9 Å². The minimum atomic E-state index is -3.58. The van der Waals surface area contributed by atoms with Crippen molar-refractivity contribution in [2.24, 2.45) is 0 Å². The predicted molar refractivity (Wildman–Crippen MR) is 66.3 cm³/mol. The molecule has 0 aliphatic carbocycles. The van der Waals surface area contributed by atoms with Gasteiger partial charge in [0.15, 0.2) is 9.84 Å². The molecule has 1 aromatic rings. The van der Waals surface area contributed by atoms with Gasteiger partial charge in [-0.25, -0.2) is 12.8 Å². The molecule has 2 N–H and O–H groups in total. The second-order valence-corrected chi connectivity index (χ2v) is 6.34. The first-order valence-corrected chi connectivity index (χ1v) is 7.38. The Labute approximate surface area is 106 Å². The Hall–Kier alpha value is -0.980. The average molecular weight is 276 g/mol. The van der Waals surface area contributed by atoms with E-state index in [4.69, 9.17) is 5.11 Å². The summed E-state index contributed by atoms with van der Waals surface area (Å²) < 4.78 is 36.9. The Kier molecular flexibility index (Phi) is 5.25. The van der Waals surface area contributed by atoms with Crippen molar-refractivity contribution in [3.8, 4) is 0 Å². The summed E-state index contributed by atoms with van der Waals surface area (Å²) in [6, 6.07) is 5.25. The molecule has 0 saturated heterocycles. The maximum Gasteiger partial charge on any atom is 0.159 e. The Balaban J connectivity index is 2.99. The van der Waals surface area contributed by atoms with Crippen molar-refractivity contribution >= 4 is 9.84 Å². The largest absolute Gasteiger partial charge is 0.394 e. The maximum absolute atomic E-state index is 12.8. The van der Waals surface area contributed by atoms with E-state index in [-0.39, 0.29) is 0 Å². The molecular formula is C12H17FO4S. The number of halogens is 1. The molecule has 0 heterocycles. The molecule has 0 fully saturated rings. The van der Waals surface area contributed by atoms with E-state index in [1.54, 1.807) is 6.92 Å². The Morgan fingerprint density at radius 3 is 2.28 bits per heavy atom. The van der Waals surface area contributed by atoms with Crippen LogP contribution in [0, 0.1) is 5.82 Å². The van der Waals surface area contributed by atoms with E-state index in [1.165, 1.54) is 24.3 Å². The van der Waals surface area contributed by atoms with Crippen molar-refractivity contribution in [3.63, 3.8) is 0 Å². The summed E-state index contributed by atoms with van der Waals surface area (Å²) in [5.41, 5.74) is 0.490. The Morgan fingerprint density at radius 1 is 1.28 bits per heavy atom. The van der Waals surface area contributed by atoms with Gasteiger partial charge in [0.05, 0.1) is 23.7 Å². The van der Waals surface area contributed by atoms with Crippen molar-refractivity contribution < 1.29 is 23.0 Å². The van der Waals surface area contributed by atoms with Gasteiger partial charge in [-0.3, -0.25) is 0 Å². The van der Waals surface area contributed by atoms with Gasteiger partial charge in [0.25, 0.3) is 0 Å². The molecule has 0 spiro atoms. The molecule has 1 aromatic carbocycles. The third kappa shape index (κ3) is 3.76. The molecule has 6 heteroatoms. The Bertz CT molecular complexity index is 469. The SMILES string of the molecule is CC[C@@H](c1ccc(F)cc1)S(=O)(=O)C[C@H](O)CO. The van der Waals surface area contributed by atoms with Crippen LogP contribution in [-0.2, 0) is 9.84 Å². The first-order valence-electron chi connectivity index (χ1n) is 5.66. The minimum absolute atomic E-state index is 0.326. The Morgan fingerprint density at radius 2 is 1.83 bits per heavy atom. The second kappa shape index (κ2) is 6.26. The van der Waals surface area contributed by atoms with Gasteiger partial charge in [0, 0.05) is 0 Å². The van der Waals surface area contributed by atoms with E-state index in [1.807, 2.05) is 0 Å². The van der Waals surface area contributed by atoms with Gasteiger partial charge in [-0.1, -0.05) is 19.1 Å². The van der Waals surface area contributed by atoms with Crippen LogP contribution in [0.25, 0.3) is 0 Å². The maximum atomic E-state index is 12.8. The summed E-state index contributed by atoms with van der Waals surface area (Å²) in [7, 11) is -3.58. The number of aliphatic hydroxyl groups excluding tert-OH is 2. The number of rotatable bonds is 6. The third-order valence-corrected chi connectivity index (χ3v) is 5.00. The molecule has 0 aliphatic rings. The molecule has 102 valence electrons. The molecule has 1 rings (SSSR count). The van der Waals surface area contributed by atoms with E-state index >= 15 is 0 Å². The van der Waals surface area contributed by atoms with Crippen LogP contribution >= 0.6 is 0 Å². The van der Waals surface area contributed by atoms with Gasteiger partial charge < -0.3 is 10.2 Å². The lowest BCUT2D eigenvalue weighted by Crippen LogP contribution is -2.27. The van der Waals surface area contributed by atoms with Crippen LogP contribution < -0.4 is 0 Å². The van der Waals surface area contributed by atoms with Crippen molar-refractivity contribution in [1.29, 1.82) is 0 Å². The van der Waals surface area contributed by atoms with E-state index in [2.05, 4.69) is 0 Å². The van der Waals surface area contributed by atoms with Gasteiger partial charge in [0.2, 0.25) is 0 Å². The van der Waals surface area contributed by atoms with Crippen molar-refractivity contribution in [3.05, 3.63) is 35.6 Å². The predicted octanol–water partition coefficient (Wildman–Crippen LogP) is 1.04. The van der Waals surface area contributed by atoms with Crippen molar-refractivity contribution in [2.45, 2.75) is 24.7 Å². The lowest BCUT2D eigenvalue weighted by molar-refractivity contribution is 0.112. The second-order valence-electron chi connectivity index (χ2n) is 4.11. The topological polar surface area (TPSA) is 74.6 Å². The smallest absolute Gasteiger partial charge is 0.159 e. The first-order chi connectivity index (χ1) is 8.40. The first kappa shape index (κ1) is 15.1. The molecule has 0 radical (unpaired) electrons. The summed E-state index contributed by atoms with van der Waals surface area (Å²) in [5.74, 6) is -0.930. The fourth-order valence-electron chi connectivity index (χ4n) is 1.81. The monoisotopic (exact) mass is 276 g/mol. The highest BCUT2D eigenvalue weighted by Gasteiger charge is 2.27. The van der Waals surface area contributed by atoms with E-state index < -0.39 is 39.4 Å². The van der Waals surface area contributed by atoms with Gasteiger partial charge in [-0.15, -0.1) is 0 Å². The van der Waals surface area contributed by atoms with Gasteiger partial charge in [-0.05, 0) is 24.1 Å². The summed E-state index contributed by atoms with van der Waals surface area (Å²) in [6.45, 7) is 1.11. The highest BCUT2D eigenvalue weighted by molar-refractivity contribution is 7.91. The van der Waals surface area contributed by atoms with Gasteiger partial charge in [-0.2, -0.15) is 0 Å². The van der Waals surface area contributed by atoms with Gasteiger partial charge in [0.1, 0.15) is 5.82 Å². The van der Waals surface area contributed by atoms with E-state index in [0.29, 0.717) is 12.0 Å². The normalized spacial score (nSPS) is 15.3. The van der Waals surface area contributed by atoms with E-state index in [0.717, 1.165) is 0 Å². The molecule has 2 atom stereocenters. The summed E-state index contributed by atoms with van der Waals surface area (Å²) in [6.07, 6.45) is -0.962. The molecule has 0 aromatic heterocycles. The summed E-state index contributed by atoms with van der Waals surface area (Å²) in [4.78, 5) is 0. The average Bonchev–Trinajstić information content (AvgIpc) is 2.31. The lowest BCUT2D eigenvalue weighted by Gasteiger charge is -2.18. The molecule has 18 heavy (non-hydrogen) atoms. The molecule has 0 unspecified atom stereocenters. The third-order valence-electron chi connectivity index (χ3n) is 2.68. The number of aliphatic hydroxyl groups is 2. The van der Waals surface area contributed by atoms with Crippen LogP contribution in [0.2, 0.25) is 0 Å². The van der Waals surface area contributed by atoms with Crippen LogP contribution in [-0.4, -0.2) is 37.1 Å². The number of sulfone groups is 1. The van der Waals surface area contributed by atoms with Crippen LogP contribution in [0.4, 0.5) is 4.39 Å². The number of benzene rings is 1. The minimum Gasteiger partial charge on any atom is -0.394 e. The zero-order valence-electron chi connectivity index (χ0n) is 10.1. The summed E-state index contributed by atoms with van der Waals surface area (Å²) >= 11 is 0. The van der Waals surface area contributed by atoms with Crippen LogP contribution in [0.15, 0.2) is 24.3 Å². The molecular weight excluding hydrogens is 259 g/mol. The summed E-state index contributed by atoms with van der Waals surface area (Å²) in [5, 5.41) is 17.1. The van der Waals surface area contributed by atoms with Crippen LogP contribution in [0.1, 0.15) is 24.2 Å². The molecule has 0 bridgehead atoms. The highest BCUT2D eigenvalue weighted by atomic mass is 32.2. The van der Waals surface area contributed by atoms with Crippen molar-refractivity contribution in [1.82, 2.24) is 0 Å². The molecule has 0 saturated carbocycles. The quantitative estimate of drug-likeness (QED) is 0.814. The van der Waals surface area contributed by atoms with Crippen LogP contribution in [0.3, 0.4) is 0 Å². The molecule has 4 nitrogen and oxygen atoms in total. The standard InChI is InChI=1S/C12H17FO4S/c1-2-12(9-3-5-10(13)6-4-9)18(16,17)8-11(15)7-14/h3-6,11-12,14-15H,2,7-8H2,1H3/t11-,12+/m1/s1. The van der Waals surface area contributed by atoms with Crippen molar-refractivity contribution in [2.75, 3.05) is 12.4 Å². The van der Waals surface area contributed by atoms with Crippen LogP contribution in [0.5, 0.6) is 0 Å². The fourth-order valence-corrected chi connectivity index (χ4v) is 3.77. The molecule has 0 amide bonds. The number of hydrogen-bond acceptors (Lipinski definition) is 4. The zero-order valence-corrected chi connectivity index (χ0v) is 10.9. The zero-order chi connectivity index (χ0) is 13.8. The highest BCUT2D eigenvalue weighted by Crippen LogP contribution is 2.27.